The SMILES string of the molecule is CC(=O)SCC(O)C(O)c1ccsc1C. The Labute approximate surface area is 97.1 Å². The Balaban J connectivity index is 2.57. The van der Waals surface area contributed by atoms with Crippen LogP contribution in [0.5, 0.6) is 0 Å². The van der Waals surface area contributed by atoms with Gasteiger partial charge >= 0.3 is 0 Å². The van der Waals surface area contributed by atoms with Crippen LogP contribution in [0, 0.1) is 6.92 Å². The first-order valence-electron chi connectivity index (χ1n) is 4.56. The molecule has 1 aromatic heterocycles. The minimum Gasteiger partial charge on any atom is -0.389 e. The quantitative estimate of drug-likeness (QED) is 0.849. The highest BCUT2D eigenvalue weighted by Crippen LogP contribution is 2.26. The van der Waals surface area contributed by atoms with E-state index in [2.05, 4.69) is 0 Å². The van der Waals surface area contributed by atoms with E-state index in [1.54, 1.807) is 6.07 Å². The first-order chi connectivity index (χ1) is 7.02. The van der Waals surface area contributed by atoms with E-state index in [4.69, 9.17) is 0 Å². The zero-order chi connectivity index (χ0) is 11.4. The highest BCUT2D eigenvalue weighted by atomic mass is 32.2. The van der Waals surface area contributed by atoms with Crippen molar-refractivity contribution in [1.29, 1.82) is 0 Å². The van der Waals surface area contributed by atoms with Gasteiger partial charge in [-0.05, 0) is 23.9 Å². The first kappa shape index (κ1) is 12.7. The van der Waals surface area contributed by atoms with Crippen molar-refractivity contribution < 1.29 is 15.0 Å². The molecule has 3 nitrogen and oxygen atoms in total. The monoisotopic (exact) mass is 246 g/mol. The smallest absolute Gasteiger partial charge is 0.185 e. The highest BCUT2D eigenvalue weighted by molar-refractivity contribution is 8.13. The van der Waals surface area contributed by atoms with Crippen LogP contribution in [0.4, 0.5) is 0 Å². The third kappa shape index (κ3) is 3.61. The van der Waals surface area contributed by atoms with Crippen LogP contribution in [0.1, 0.15) is 23.5 Å². The van der Waals surface area contributed by atoms with Gasteiger partial charge in [-0.25, -0.2) is 0 Å². The molecule has 0 radical (unpaired) electrons. The molecule has 2 N–H and O–H groups in total. The minimum atomic E-state index is -0.900. The van der Waals surface area contributed by atoms with E-state index in [1.165, 1.54) is 18.3 Å². The van der Waals surface area contributed by atoms with Gasteiger partial charge in [0.25, 0.3) is 0 Å². The van der Waals surface area contributed by atoms with E-state index >= 15 is 0 Å². The molecule has 0 amide bonds. The van der Waals surface area contributed by atoms with Gasteiger partial charge in [-0.2, -0.15) is 0 Å². The molecule has 0 aliphatic heterocycles. The average molecular weight is 246 g/mol. The summed E-state index contributed by atoms with van der Waals surface area (Å²) in [4.78, 5) is 11.7. The lowest BCUT2D eigenvalue weighted by Gasteiger charge is -2.16. The van der Waals surface area contributed by atoms with Crippen molar-refractivity contribution in [2.45, 2.75) is 26.1 Å². The van der Waals surface area contributed by atoms with E-state index in [9.17, 15) is 15.0 Å². The zero-order valence-electron chi connectivity index (χ0n) is 8.64. The fraction of sp³-hybridized carbons (Fsp3) is 0.500. The lowest BCUT2D eigenvalue weighted by atomic mass is 10.1. The molecule has 1 rings (SSSR count). The third-order valence-corrected chi connectivity index (χ3v) is 3.82. The molecule has 0 saturated heterocycles. The summed E-state index contributed by atoms with van der Waals surface area (Å²) in [6.45, 7) is 3.34. The normalized spacial score (nSPS) is 14.9. The Morgan fingerprint density at radius 2 is 2.27 bits per heavy atom. The number of thiophene rings is 1. The Bertz CT molecular complexity index is 335. The predicted octanol–water partition coefficient (Wildman–Crippen LogP) is 1.73. The predicted molar refractivity (Wildman–Crippen MR) is 63.2 cm³/mol. The molecule has 0 aliphatic rings. The van der Waals surface area contributed by atoms with Crippen LogP contribution in [0.2, 0.25) is 0 Å². The summed E-state index contributed by atoms with van der Waals surface area (Å²) in [5.41, 5.74) is 0.747. The number of aryl methyl sites for hydroxylation is 1. The Kier molecular flexibility index (Phi) is 4.79. The molecular formula is C10H14O3S2. The van der Waals surface area contributed by atoms with Gasteiger partial charge in [-0.3, -0.25) is 4.79 Å². The number of hydrogen-bond acceptors (Lipinski definition) is 5. The first-order valence-corrected chi connectivity index (χ1v) is 6.42. The molecule has 0 saturated carbocycles. The summed E-state index contributed by atoms with van der Waals surface area (Å²) in [7, 11) is 0. The maximum absolute atomic E-state index is 10.7. The molecule has 0 aromatic carbocycles. The van der Waals surface area contributed by atoms with Gasteiger partial charge in [-0.1, -0.05) is 11.8 Å². The van der Waals surface area contributed by atoms with Crippen molar-refractivity contribution in [1.82, 2.24) is 0 Å². The van der Waals surface area contributed by atoms with Crippen molar-refractivity contribution >= 4 is 28.2 Å². The third-order valence-electron chi connectivity index (χ3n) is 2.04. The highest BCUT2D eigenvalue weighted by Gasteiger charge is 2.21. The summed E-state index contributed by atoms with van der Waals surface area (Å²) >= 11 is 2.56. The number of rotatable bonds is 4. The zero-order valence-corrected chi connectivity index (χ0v) is 10.3. The summed E-state index contributed by atoms with van der Waals surface area (Å²) in [5.74, 6) is 0.228. The van der Waals surface area contributed by atoms with Crippen molar-refractivity contribution in [2.24, 2.45) is 0 Å². The van der Waals surface area contributed by atoms with Gasteiger partial charge in [0.2, 0.25) is 0 Å². The summed E-state index contributed by atoms with van der Waals surface area (Å²) in [5, 5.41) is 21.3. The fourth-order valence-corrected chi connectivity index (χ4v) is 2.53. The molecule has 0 aliphatic carbocycles. The topological polar surface area (TPSA) is 57.5 Å². The lowest BCUT2D eigenvalue weighted by molar-refractivity contribution is -0.109. The van der Waals surface area contributed by atoms with Crippen molar-refractivity contribution in [3.05, 3.63) is 21.9 Å². The standard InChI is InChI=1S/C10H14O3S2/c1-6-8(3-4-14-6)10(13)9(12)5-15-7(2)11/h3-4,9-10,12-13H,5H2,1-2H3. The molecule has 84 valence electrons. The number of aliphatic hydroxyl groups excluding tert-OH is 2. The molecule has 0 spiro atoms. The molecule has 0 bridgehead atoms. The largest absolute Gasteiger partial charge is 0.389 e. The van der Waals surface area contributed by atoms with Crippen LogP contribution in [0.3, 0.4) is 0 Å². The summed E-state index contributed by atoms with van der Waals surface area (Å²) in [6.07, 6.45) is -1.80. The number of carbonyl (C=O) groups is 1. The van der Waals surface area contributed by atoms with Crippen molar-refractivity contribution in [3.8, 4) is 0 Å². The van der Waals surface area contributed by atoms with E-state index in [1.807, 2.05) is 12.3 Å². The van der Waals surface area contributed by atoms with Crippen molar-refractivity contribution in [3.63, 3.8) is 0 Å². The summed E-state index contributed by atoms with van der Waals surface area (Å²) < 4.78 is 0. The summed E-state index contributed by atoms with van der Waals surface area (Å²) in [6, 6.07) is 1.80. The van der Waals surface area contributed by atoms with Crippen molar-refractivity contribution in [2.75, 3.05) is 5.75 Å². The molecule has 15 heavy (non-hydrogen) atoms. The molecule has 5 heteroatoms. The maximum atomic E-state index is 10.7. The van der Waals surface area contributed by atoms with Crippen LogP contribution < -0.4 is 0 Å². The number of carbonyl (C=O) groups excluding carboxylic acids is 1. The number of hydrogen-bond donors (Lipinski definition) is 2. The molecule has 2 unspecified atom stereocenters. The molecule has 1 heterocycles. The lowest BCUT2D eigenvalue weighted by Crippen LogP contribution is -2.21. The molecular weight excluding hydrogens is 232 g/mol. The Hall–Kier alpha value is -0.360. The Morgan fingerprint density at radius 1 is 1.60 bits per heavy atom. The van der Waals surface area contributed by atoms with Crippen LogP contribution in [0.25, 0.3) is 0 Å². The second-order valence-corrected chi connectivity index (χ2v) is 5.56. The fourth-order valence-electron chi connectivity index (χ4n) is 1.20. The van der Waals surface area contributed by atoms with Gasteiger partial charge < -0.3 is 10.2 Å². The van der Waals surface area contributed by atoms with Gasteiger partial charge in [-0.15, -0.1) is 11.3 Å². The van der Waals surface area contributed by atoms with Gasteiger partial charge in [0, 0.05) is 17.6 Å². The minimum absolute atomic E-state index is 0.0525. The second-order valence-electron chi connectivity index (χ2n) is 3.25. The maximum Gasteiger partial charge on any atom is 0.185 e. The van der Waals surface area contributed by atoms with Gasteiger partial charge in [0.05, 0.1) is 6.10 Å². The molecule has 0 fully saturated rings. The second kappa shape index (κ2) is 5.65. The molecule has 2 atom stereocenters. The Morgan fingerprint density at radius 3 is 2.73 bits per heavy atom. The average Bonchev–Trinajstić information content (AvgIpc) is 2.59. The van der Waals surface area contributed by atoms with E-state index in [0.717, 1.165) is 22.2 Å². The van der Waals surface area contributed by atoms with Gasteiger partial charge in [0.15, 0.2) is 5.12 Å². The number of thioether (sulfide) groups is 1. The number of aliphatic hydroxyl groups is 2. The van der Waals surface area contributed by atoms with Crippen LogP contribution in [-0.2, 0) is 4.79 Å². The van der Waals surface area contributed by atoms with E-state index in [-0.39, 0.29) is 10.9 Å². The van der Waals surface area contributed by atoms with E-state index < -0.39 is 12.2 Å². The van der Waals surface area contributed by atoms with E-state index in [0.29, 0.717) is 0 Å². The molecule has 1 aromatic rings. The van der Waals surface area contributed by atoms with Crippen LogP contribution in [0.15, 0.2) is 11.4 Å². The van der Waals surface area contributed by atoms with Crippen LogP contribution >= 0.6 is 23.1 Å². The van der Waals surface area contributed by atoms with Crippen LogP contribution in [-0.4, -0.2) is 27.2 Å². The van der Waals surface area contributed by atoms with Gasteiger partial charge in [0.1, 0.15) is 6.10 Å².